The van der Waals surface area contributed by atoms with Gasteiger partial charge in [-0.15, -0.1) is 0 Å². The lowest BCUT2D eigenvalue weighted by molar-refractivity contribution is 0.568. The maximum absolute atomic E-state index is 4.21. The number of nitrogens with zero attached hydrogens (tertiary/aromatic N) is 2. The van der Waals surface area contributed by atoms with E-state index in [4.69, 9.17) is 0 Å². The highest BCUT2D eigenvalue weighted by molar-refractivity contribution is 8.01. The molecule has 3 nitrogen and oxygen atoms in total. The number of hydrogen-bond acceptors (Lipinski definition) is 5. The van der Waals surface area contributed by atoms with E-state index in [-0.39, 0.29) is 0 Å². The molecule has 0 aliphatic heterocycles. The van der Waals surface area contributed by atoms with E-state index in [0.717, 1.165) is 10.8 Å². The molecule has 0 saturated heterocycles. The molecule has 0 amide bonds. The maximum Gasteiger partial charge on any atom is 0.174 e. The smallest absolute Gasteiger partial charge is 0.174 e. The lowest BCUT2D eigenvalue weighted by Crippen LogP contribution is -2.15. The van der Waals surface area contributed by atoms with E-state index in [2.05, 4.69) is 45.9 Å². The van der Waals surface area contributed by atoms with Crippen molar-refractivity contribution in [2.45, 2.75) is 28.6 Å². The summed E-state index contributed by atoms with van der Waals surface area (Å²) in [5, 5.41) is 3.34. The van der Waals surface area contributed by atoms with Gasteiger partial charge in [0.05, 0.1) is 0 Å². The van der Waals surface area contributed by atoms with Gasteiger partial charge in [-0.2, -0.15) is 4.37 Å². The van der Waals surface area contributed by atoms with Gasteiger partial charge in [0.25, 0.3) is 0 Å². The van der Waals surface area contributed by atoms with Gasteiger partial charge in [0.15, 0.2) is 4.34 Å². The van der Waals surface area contributed by atoms with E-state index in [9.17, 15) is 0 Å². The first-order valence-electron chi connectivity index (χ1n) is 5.56. The van der Waals surface area contributed by atoms with Gasteiger partial charge in [-0.25, -0.2) is 4.98 Å². The second kappa shape index (κ2) is 6.14. The Morgan fingerprint density at radius 3 is 2.88 bits per heavy atom. The Kier molecular flexibility index (Phi) is 4.53. The van der Waals surface area contributed by atoms with Crippen LogP contribution >= 0.6 is 23.3 Å². The summed E-state index contributed by atoms with van der Waals surface area (Å²) in [5.74, 6) is 0. The van der Waals surface area contributed by atoms with Crippen LogP contribution in [-0.2, 0) is 0 Å². The summed E-state index contributed by atoms with van der Waals surface area (Å²) in [4.78, 5) is 5.47. The molecule has 1 N–H and O–H groups in total. The van der Waals surface area contributed by atoms with Crippen LogP contribution in [0.5, 0.6) is 0 Å². The molecular formula is C12H15N3S2. The Balaban J connectivity index is 2.27. The molecule has 17 heavy (non-hydrogen) atoms. The summed E-state index contributed by atoms with van der Waals surface area (Å²) in [5.41, 5.74) is 1.33. The number of nitrogens with one attached hydrogen (secondary N) is 1. The second-order valence-electron chi connectivity index (χ2n) is 3.60. The maximum atomic E-state index is 4.21. The van der Waals surface area contributed by atoms with Crippen LogP contribution in [0.25, 0.3) is 0 Å². The third-order valence-corrected chi connectivity index (χ3v) is 4.40. The highest BCUT2D eigenvalue weighted by atomic mass is 32.2. The summed E-state index contributed by atoms with van der Waals surface area (Å²) in [6.07, 6.45) is 2.68. The summed E-state index contributed by atoms with van der Waals surface area (Å²) in [7, 11) is 2.00. The zero-order chi connectivity index (χ0) is 12.1. The van der Waals surface area contributed by atoms with Gasteiger partial charge in [-0.3, -0.25) is 0 Å². The van der Waals surface area contributed by atoms with Gasteiger partial charge in [0, 0.05) is 10.9 Å². The molecule has 0 fully saturated rings. The molecule has 90 valence electrons. The van der Waals surface area contributed by atoms with Crippen LogP contribution in [0.3, 0.4) is 0 Å². The van der Waals surface area contributed by atoms with Crippen molar-refractivity contribution >= 4 is 23.3 Å². The Morgan fingerprint density at radius 1 is 1.41 bits per heavy atom. The second-order valence-corrected chi connectivity index (χ2v) is 5.67. The predicted molar refractivity (Wildman–Crippen MR) is 72.6 cm³/mol. The lowest BCUT2D eigenvalue weighted by atomic mass is 10.1. The summed E-state index contributed by atoms with van der Waals surface area (Å²) in [6.45, 7) is 2.19. The Bertz CT molecular complexity index is 453. The highest BCUT2D eigenvalue weighted by Gasteiger charge is 2.12. The van der Waals surface area contributed by atoms with Crippen LogP contribution in [0.15, 0.2) is 39.8 Å². The highest BCUT2D eigenvalue weighted by Crippen LogP contribution is 2.34. The first kappa shape index (κ1) is 12.5. The number of aromatic nitrogens is 2. The molecule has 0 spiro atoms. The normalized spacial score (nSPS) is 12.6. The Hall–Kier alpha value is -0.910. The van der Waals surface area contributed by atoms with E-state index < -0.39 is 0 Å². The van der Waals surface area contributed by atoms with Crippen LogP contribution < -0.4 is 5.32 Å². The molecule has 0 saturated carbocycles. The molecular weight excluding hydrogens is 250 g/mol. The monoisotopic (exact) mass is 265 g/mol. The fraction of sp³-hybridized carbons (Fsp3) is 0.333. The zero-order valence-electron chi connectivity index (χ0n) is 9.88. The van der Waals surface area contributed by atoms with Gasteiger partial charge < -0.3 is 5.32 Å². The minimum Gasteiger partial charge on any atom is -0.313 e. The fourth-order valence-electron chi connectivity index (χ4n) is 1.74. The van der Waals surface area contributed by atoms with Crippen molar-refractivity contribution in [2.24, 2.45) is 0 Å². The minimum atomic E-state index is 0.395. The van der Waals surface area contributed by atoms with Crippen molar-refractivity contribution in [1.29, 1.82) is 0 Å². The lowest BCUT2D eigenvalue weighted by Gasteiger charge is -2.17. The summed E-state index contributed by atoms with van der Waals surface area (Å²) in [6, 6.07) is 8.86. The van der Waals surface area contributed by atoms with E-state index >= 15 is 0 Å². The van der Waals surface area contributed by atoms with E-state index in [1.54, 1.807) is 18.1 Å². The molecule has 5 heteroatoms. The van der Waals surface area contributed by atoms with Crippen LogP contribution in [0.1, 0.15) is 24.9 Å². The SMILES string of the molecule is CCC(NC)c1ccccc1Sc1ncns1. The number of benzene rings is 1. The molecule has 1 aromatic carbocycles. The first-order chi connectivity index (χ1) is 8.35. The molecule has 1 heterocycles. The van der Waals surface area contributed by atoms with Gasteiger partial charge in [-0.05, 0) is 36.6 Å². The largest absolute Gasteiger partial charge is 0.313 e. The summed E-state index contributed by atoms with van der Waals surface area (Å²) >= 11 is 3.12. The van der Waals surface area contributed by atoms with Crippen molar-refractivity contribution in [1.82, 2.24) is 14.7 Å². The van der Waals surface area contributed by atoms with Crippen molar-refractivity contribution in [3.8, 4) is 0 Å². The molecule has 0 bridgehead atoms. The van der Waals surface area contributed by atoms with E-state index in [0.29, 0.717) is 6.04 Å². The van der Waals surface area contributed by atoms with Crippen molar-refractivity contribution in [2.75, 3.05) is 7.05 Å². The molecule has 0 radical (unpaired) electrons. The minimum absolute atomic E-state index is 0.395. The van der Waals surface area contributed by atoms with Gasteiger partial charge in [0.1, 0.15) is 6.33 Å². The van der Waals surface area contributed by atoms with Gasteiger partial charge in [-0.1, -0.05) is 36.9 Å². The molecule has 1 atom stereocenters. The zero-order valence-corrected chi connectivity index (χ0v) is 11.5. The number of rotatable bonds is 5. The van der Waals surface area contributed by atoms with Crippen molar-refractivity contribution < 1.29 is 0 Å². The van der Waals surface area contributed by atoms with Crippen LogP contribution in [-0.4, -0.2) is 16.4 Å². The fourth-order valence-corrected chi connectivity index (χ4v) is 3.33. The van der Waals surface area contributed by atoms with Gasteiger partial charge in [0.2, 0.25) is 0 Å². The first-order valence-corrected chi connectivity index (χ1v) is 7.14. The molecule has 1 unspecified atom stereocenters. The van der Waals surface area contributed by atoms with Crippen LogP contribution in [0.2, 0.25) is 0 Å². The number of hydrogen-bond donors (Lipinski definition) is 1. The Morgan fingerprint density at radius 2 is 2.24 bits per heavy atom. The van der Waals surface area contributed by atoms with Crippen molar-refractivity contribution in [3.63, 3.8) is 0 Å². The summed E-state index contributed by atoms with van der Waals surface area (Å²) < 4.78 is 5.02. The average Bonchev–Trinajstić information content (AvgIpc) is 2.86. The molecule has 1 aromatic heterocycles. The molecule has 0 aliphatic carbocycles. The van der Waals surface area contributed by atoms with Gasteiger partial charge >= 0.3 is 0 Å². The third kappa shape index (κ3) is 3.06. The quantitative estimate of drug-likeness (QED) is 0.899. The molecule has 2 aromatic rings. The molecule has 2 rings (SSSR count). The van der Waals surface area contributed by atoms with Crippen molar-refractivity contribution in [3.05, 3.63) is 36.2 Å². The predicted octanol–water partition coefficient (Wildman–Crippen LogP) is 3.36. The topological polar surface area (TPSA) is 37.8 Å². The molecule has 0 aliphatic rings. The van der Waals surface area contributed by atoms with E-state index in [1.165, 1.54) is 22.0 Å². The standard InChI is InChI=1S/C12H15N3S2/c1-3-10(13-2)9-6-4-5-7-11(9)16-12-14-8-15-17-12/h4-8,10,13H,3H2,1-2H3. The van der Waals surface area contributed by atoms with E-state index in [1.807, 2.05) is 7.05 Å². The Labute approximate surface area is 110 Å². The third-order valence-electron chi connectivity index (χ3n) is 2.59. The van der Waals surface area contributed by atoms with Crippen LogP contribution in [0.4, 0.5) is 0 Å². The van der Waals surface area contributed by atoms with Crippen LogP contribution in [0, 0.1) is 0 Å². The average molecular weight is 265 g/mol.